The molecule has 9 heteroatoms. The highest BCUT2D eigenvalue weighted by atomic mass is 19.4. The maximum atomic E-state index is 13.7. The van der Waals surface area contributed by atoms with Gasteiger partial charge in [-0.1, -0.05) is 38.1 Å². The Kier molecular flexibility index (Phi) is 5.38. The number of hydrogen-bond acceptors (Lipinski definition) is 4. The lowest BCUT2D eigenvalue weighted by atomic mass is 9.68. The predicted molar refractivity (Wildman–Crippen MR) is 114 cm³/mol. The standard InChI is InChI=1S/C24H21F3N2O4/c1-23(2)12-19-22(20(30)13-23)17(16-8-3-4-9-18(16)24(25,26)27)11-21(31)28(19)14-6-5-7-15(10-14)29(32)33/h3-10,17H,11-13H2,1-2H3. The van der Waals surface area contributed by atoms with Crippen molar-refractivity contribution in [3.05, 3.63) is 81.0 Å². The summed E-state index contributed by atoms with van der Waals surface area (Å²) in [6.45, 7) is 3.69. The summed E-state index contributed by atoms with van der Waals surface area (Å²) in [6.07, 6.45) is -4.59. The van der Waals surface area contributed by atoms with E-state index in [1.54, 1.807) is 0 Å². The van der Waals surface area contributed by atoms with Crippen molar-refractivity contribution in [3.63, 3.8) is 0 Å². The predicted octanol–water partition coefficient (Wildman–Crippen LogP) is 5.78. The number of rotatable bonds is 3. The van der Waals surface area contributed by atoms with E-state index in [1.165, 1.54) is 47.4 Å². The van der Waals surface area contributed by atoms with Gasteiger partial charge in [-0.2, -0.15) is 13.2 Å². The summed E-state index contributed by atoms with van der Waals surface area (Å²) in [4.78, 5) is 38.5. The Morgan fingerprint density at radius 3 is 2.42 bits per heavy atom. The minimum absolute atomic E-state index is 0.113. The highest BCUT2D eigenvalue weighted by molar-refractivity contribution is 6.08. The van der Waals surface area contributed by atoms with Crippen molar-refractivity contribution in [2.45, 2.75) is 45.2 Å². The van der Waals surface area contributed by atoms with Crippen LogP contribution in [0, 0.1) is 15.5 Å². The second-order valence-corrected chi connectivity index (χ2v) is 9.15. The molecule has 0 bridgehead atoms. The van der Waals surface area contributed by atoms with E-state index >= 15 is 0 Å². The summed E-state index contributed by atoms with van der Waals surface area (Å²) >= 11 is 0. The van der Waals surface area contributed by atoms with Gasteiger partial charge in [0.05, 0.1) is 16.2 Å². The van der Waals surface area contributed by atoms with Crippen molar-refractivity contribution in [1.82, 2.24) is 0 Å². The van der Waals surface area contributed by atoms with Crippen LogP contribution in [-0.4, -0.2) is 16.6 Å². The lowest BCUT2D eigenvalue weighted by Crippen LogP contribution is -2.44. The molecule has 4 rings (SSSR count). The third-order valence-electron chi connectivity index (χ3n) is 6.08. The molecule has 172 valence electrons. The Morgan fingerprint density at radius 2 is 1.76 bits per heavy atom. The van der Waals surface area contributed by atoms with E-state index in [4.69, 9.17) is 0 Å². The van der Waals surface area contributed by atoms with E-state index < -0.39 is 33.9 Å². The molecule has 2 aliphatic rings. The Hall–Kier alpha value is -3.49. The van der Waals surface area contributed by atoms with Crippen molar-refractivity contribution in [3.8, 4) is 0 Å². The number of nitro benzene ring substituents is 1. The monoisotopic (exact) mass is 458 g/mol. The zero-order valence-electron chi connectivity index (χ0n) is 18.0. The van der Waals surface area contributed by atoms with Crippen molar-refractivity contribution in [1.29, 1.82) is 0 Å². The molecule has 0 N–H and O–H groups in total. The zero-order chi connectivity index (χ0) is 24.1. The number of carbonyl (C=O) groups is 2. The summed E-state index contributed by atoms with van der Waals surface area (Å²) in [5.41, 5.74) is -1.04. The number of alkyl halides is 3. The molecule has 1 aliphatic heterocycles. The first-order valence-corrected chi connectivity index (χ1v) is 10.4. The number of benzene rings is 2. The first-order valence-electron chi connectivity index (χ1n) is 10.4. The molecule has 1 amide bonds. The van der Waals surface area contributed by atoms with Gasteiger partial charge in [0.1, 0.15) is 0 Å². The Morgan fingerprint density at radius 1 is 1.06 bits per heavy atom. The Bertz CT molecular complexity index is 1200. The third kappa shape index (κ3) is 4.15. The number of hydrogen-bond donors (Lipinski definition) is 0. The van der Waals surface area contributed by atoms with Crippen molar-refractivity contribution in [2.75, 3.05) is 4.90 Å². The van der Waals surface area contributed by atoms with E-state index in [2.05, 4.69) is 0 Å². The molecular formula is C24H21F3N2O4. The molecule has 1 atom stereocenters. The maximum Gasteiger partial charge on any atom is 0.416 e. The van der Waals surface area contributed by atoms with Crippen LogP contribution < -0.4 is 4.90 Å². The van der Waals surface area contributed by atoms with E-state index in [-0.39, 0.29) is 47.6 Å². The fraction of sp³-hybridized carbons (Fsp3) is 0.333. The quantitative estimate of drug-likeness (QED) is 0.432. The highest BCUT2D eigenvalue weighted by Gasteiger charge is 2.46. The first kappa shape index (κ1) is 22.7. The Labute approximate surface area is 187 Å². The van der Waals surface area contributed by atoms with Crippen LogP contribution in [0.2, 0.25) is 0 Å². The molecular weight excluding hydrogens is 437 g/mol. The fourth-order valence-electron chi connectivity index (χ4n) is 4.79. The van der Waals surface area contributed by atoms with Crippen LogP contribution in [0.25, 0.3) is 0 Å². The average Bonchev–Trinajstić information content (AvgIpc) is 2.71. The molecule has 1 unspecified atom stereocenters. The number of non-ortho nitro benzene ring substituents is 1. The minimum Gasteiger partial charge on any atom is -0.294 e. The number of Topliss-reactive ketones (excluding diaryl/α,β-unsaturated/α-hetero) is 1. The molecule has 6 nitrogen and oxygen atoms in total. The van der Waals surface area contributed by atoms with Crippen LogP contribution in [0.5, 0.6) is 0 Å². The number of nitrogens with zero attached hydrogens (tertiary/aromatic N) is 2. The van der Waals surface area contributed by atoms with E-state index in [0.29, 0.717) is 5.70 Å². The van der Waals surface area contributed by atoms with E-state index in [9.17, 15) is 32.9 Å². The lowest BCUT2D eigenvalue weighted by Gasteiger charge is -2.43. The maximum absolute atomic E-state index is 13.7. The summed E-state index contributed by atoms with van der Waals surface area (Å²) in [5, 5.41) is 11.3. The summed E-state index contributed by atoms with van der Waals surface area (Å²) in [6, 6.07) is 10.5. The topological polar surface area (TPSA) is 80.5 Å². The van der Waals surface area contributed by atoms with Crippen molar-refractivity contribution in [2.24, 2.45) is 5.41 Å². The van der Waals surface area contributed by atoms with Gasteiger partial charge in [-0.3, -0.25) is 24.6 Å². The largest absolute Gasteiger partial charge is 0.416 e. The normalized spacial score (nSPS) is 20.6. The second kappa shape index (κ2) is 7.83. The first-order chi connectivity index (χ1) is 15.4. The minimum atomic E-state index is -4.64. The molecule has 0 fully saturated rings. The zero-order valence-corrected chi connectivity index (χ0v) is 18.0. The van der Waals surface area contributed by atoms with Crippen LogP contribution in [0.15, 0.2) is 59.8 Å². The van der Waals surface area contributed by atoms with Gasteiger partial charge in [0.15, 0.2) is 5.78 Å². The molecule has 0 aromatic heterocycles. The third-order valence-corrected chi connectivity index (χ3v) is 6.08. The van der Waals surface area contributed by atoms with Gasteiger partial charge in [0, 0.05) is 42.2 Å². The number of allylic oxidation sites excluding steroid dienone is 2. The van der Waals surface area contributed by atoms with Gasteiger partial charge in [-0.25, -0.2) is 0 Å². The molecule has 0 saturated carbocycles. The molecule has 0 radical (unpaired) electrons. The van der Waals surface area contributed by atoms with Gasteiger partial charge >= 0.3 is 6.18 Å². The van der Waals surface area contributed by atoms with Crippen LogP contribution >= 0.6 is 0 Å². The second-order valence-electron chi connectivity index (χ2n) is 9.15. The van der Waals surface area contributed by atoms with Crippen molar-refractivity contribution >= 4 is 23.1 Å². The smallest absolute Gasteiger partial charge is 0.294 e. The fourth-order valence-corrected chi connectivity index (χ4v) is 4.79. The van der Waals surface area contributed by atoms with Gasteiger partial charge < -0.3 is 0 Å². The summed E-state index contributed by atoms with van der Waals surface area (Å²) in [5.74, 6) is -1.86. The number of ketones is 1. The summed E-state index contributed by atoms with van der Waals surface area (Å²) < 4.78 is 41.2. The summed E-state index contributed by atoms with van der Waals surface area (Å²) in [7, 11) is 0. The van der Waals surface area contributed by atoms with Gasteiger partial charge in [-0.15, -0.1) is 0 Å². The Balaban J connectivity index is 1.94. The van der Waals surface area contributed by atoms with E-state index in [1.807, 2.05) is 13.8 Å². The number of nitro groups is 1. The SMILES string of the molecule is CC1(C)CC(=O)C2=C(C1)N(c1cccc([N+](=O)[O-])c1)C(=O)CC2c1ccccc1C(F)(F)F. The average molecular weight is 458 g/mol. The number of carbonyl (C=O) groups excluding carboxylic acids is 2. The van der Waals surface area contributed by atoms with Crippen LogP contribution in [0.1, 0.15) is 50.2 Å². The van der Waals surface area contributed by atoms with Gasteiger partial charge in [-0.05, 0) is 29.5 Å². The molecule has 33 heavy (non-hydrogen) atoms. The van der Waals surface area contributed by atoms with Gasteiger partial charge in [0.2, 0.25) is 5.91 Å². The van der Waals surface area contributed by atoms with Crippen LogP contribution in [-0.2, 0) is 15.8 Å². The van der Waals surface area contributed by atoms with Crippen molar-refractivity contribution < 1.29 is 27.7 Å². The number of amides is 1. The molecule has 2 aromatic rings. The number of halogens is 3. The number of anilines is 1. The van der Waals surface area contributed by atoms with E-state index in [0.717, 1.165) is 6.07 Å². The van der Waals surface area contributed by atoms with Crippen LogP contribution in [0.3, 0.4) is 0 Å². The van der Waals surface area contributed by atoms with Gasteiger partial charge in [0.25, 0.3) is 5.69 Å². The van der Waals surface area contributed by atoms with Crippen LogP contribution in [0.4, 0.5) is 24.5 Å². The molecule has 0 saturated heterocycles. The molecule has 0 spiro atoms. The highest BCUT2D eigenvalue weighted by Crippen LogP contribution is 2.50. The lowest BCUT2D eigenvalue weighted by molar-refractivity contribution is -0.384. The molecule has 1 aliphatic carbocycles. The molecule has 2 aromatic carbocycles. The molecule has 1 heterocycles.